The van der Waals surface area contributed by atoms with Gasteiger partial charge in [0.15, 0.2) is 0 Å². The summed E-state index contributed by atoms with van der Waals surface area (Å²) in [4.78, 5) is 13.7. The number of aryl methyl sites for hydroxylation is 1. The van der Waals surface area contributed by atoms with Crippen LogP contribution in [0.4, 0.5) is 0 Å². The number of benzene rings is 4. The average Bonchev–Trinajstić information content (AvgIpc) is 2.80. The van der Waals surface area contributed by atoms with E-state index in [2.05, 4.69) is 48.6 Å². The fourth-order valence-electron chi connectivity index (χ4n) is 3.78. The molecule has 4 aromatic rings. The van der Waals surface area contributed by atoms with Crippen LogP contribution in [0.1, 0.15) is 39.8 Å². The first-order valence-electron chi connectivity index (χ1n) is 10.2. The molecule has 1 atom stereocenters. The van der Waals surface area contributed by atoms with Crippen molar-refractivity contribution in [2.75, 3.05) is 0 Å². The van der Waals surface area contributed by atoms with Gasteiger partial charge in [-0.05, 0) is 29.2 Å². The Morgan fingerprint density at radius 2 is 0.967 bits per heavy atom. The zero-order chi connectivity index (χ0) is 20.8. The molecule has 2 heteroatoms. The van der Waals surface area contributed by atoms with E-state index in [1.807, 2.05) is 78.9 Å². The quantitative estimate of drug-likeness (QED) is 0.427. The van der Waals surface area contributed by atoms with Gasteiger partial charge in [0.2, 0.25) is 5.91 Å². The van der Waals surface area contributed by atoms with Crippen molar-refractivity contribution in [3.05, 3.63) is 143 Å². The SMILES string of the molecule is Cc1ccc(C(NC(=O)C(c2ccccc2)c2ccccc2)c2ccccc2)cc1. The van der Waals surface area contributed by atoms with Crippen LogP contribution in [-0.4, -0.2) is 5.91 Å². The van der Waals surface area contributed by atoms with Crippen LogP contribution in [0.15, 0.2) is 115 Å². The molecule has 2 nitrogen and oxygen atoms in total. The molecule has 148 valence electrons. The van der Waals surface area contributed by atoms with Gasteiger partial charge in [-0.3, -0.25) is 4.79 Å². The third-order valence-corrected chi connectivity index (χ3v) is 5.36. The van der Waals surface area contributed by atoms with E-state index in [0.29, 0.717) is 0 Å². The van der Waals surface area contributed by atoms with Gasteiger partial charge in [-0.1, -0.05) is 121 Å². The fourth-order valence-corrected chi connectivity index (χ4v) is 3.78. The standard InChI is InChI=1S/C28H25NO/c1-21-17-19-25(20-18-21)27(24-15-9-4-10-16-24)29-28(30)26(22-11-5-2-6-12-22)23-13-7-3-8-14-23/h2-20,26-27H,1H3,(H,29,30). The summed E-state index contributed by atoms with van der Waals surface area (Å²) in [5.41, 5.74) is 5.30. The number of carbonyl (C=O) groups excluding carboxylic acids is 1. The summed E-state index contributed by atoms with van der Waals surface area (Å²) in [5.74, 6) is -0.383. The molecule has 0 radical (unpaired) electrons. The van der Waals surface area contributed by atoms with Gasteiger partial charge in [-0.25, -0.2) is 0 Å². The lowest BCUT2D eigenvalue weighted by atomic mass is 9.89. The van der Waals surface area contributed by atoms with E-state index >= 15 is 0 Å². The molecular formula is C28H25NO. The number of amides is 1. The summed E-state index contributed by atoms with van der Waals surface area (Å²) in [6.45, 7) is 2.07. The molecule has 4 aromatic carbocycles. The van der Waals surface area contributed by atoms with Gasteiger partial charge in [0.1, 0.15) is 0 Å². The second kappa shape index (κ2) is 9.23. The van der Waals surface area contributed by atoms with Gasteiger partial charge < -0.3 is 5.32 Å². The fraction of sp³-hybridized carbons (Fsp3) is 0.107. The van der Waals surface area contributed by atoms with Crippen molar-refractivity contribution in [2.45, 2.75) is 18.9 Å². The molecule has 0 spiro atoms. The van der Waals surface area contributed by atoms with E-state index in [0.717, 1.165) is 22.3 Å². The predicted molar refractivity (Wildman–Crippen MR) is 122 cm³/mol. The van der Waals surface area contributed by atoms with Crippen LogP contribution in [0, 0.1) is 6.92 Å². The first-order chi connectivity index (χ1) is 14.7. The minimum atomic E-state index is -0.371. The maximum Gasteiger partial charge on any atom is 0.232 e. The maximum atomic E-state index is 13.7. The van der Waals surface area contributed by atoms with Crippen molar-refractivity contribution in [3.8, 4) is 0 Å². The molecule has 1 amide bonds. The van der Waals surface area contributed by atoms with Crippen molar-refractivity contribution in [1.82, 2.24) is 5.32 Å². The summed E-state index contributed by atoms with van der Waals surface area (Å²) >= 11 is 0. The lowest BCUT2D eigenvalue weighted by Gasteiger charge is -2.24. The Labute approximate surface area is 178 Å². The van der Waals surface area contributed by atoms with E-state index in [4.69, 9.17) is 0 Å². The van der Waals surface area contributed by atoms with E-state index in [1.54, 1.807) is 0 Å². The molecule has 1 N–H and O–H groups in total. The highest BCUT2D eigenvalue weighted by Gasteiger charge is 2.26. The van der Waals surface area contributed by atoms with E-state index in [-0.39, 0.29) is 17.9 Å². The van der Waals surface area contributed by atoms with Crippen LogP contribution in [0.3, 0.4) is 0 Å². The summed E-state index contributed by atoms with van der Waals surface area (Å²) in [7, 11) is 0. The second-order valence-electron chi connectivity index (χ2n) is 7.52. The first kappa shape index (κ1) is 19.7. The molecule has 0 saturated heterocycles. The third kappa shape index (κ3) is 4.49. The van der Waals surface area contributed by atoms with Crippen LogP contribution in [0.2, 0.25) is 0 Å². The van der Waals surface area contributed by atoms with E-state index in [1.165, 1.54) is 5.56 Å². The Bertz CT molecular complexity index is 1030. The molecule has 0 aliphatic heterocycles. The molecule has 0 saturated carbocycles. The lowest BCUT2D eigenvalue weighted by Crippen LogP contribution is -2.34. The van der Waals surface area contributed by atoms with Crippen molar-refractivity contribution < 1.29 is 4.79 Å². The van der Waals surface area contributed by atoms with Gasteiger partial charge in [0.05, 0.1) is 12.0 Å². The Morgan fingerprint density at radius 1 is 0.567 bits per heavy atom. The minimum Gasteiger partial charge on any atom is -0.344 e. The highest BCUT2D eigenvalue weighted by molar-refractivity contribution is 5.87. The van der Waals surface area contributed by atoms with Crippen molar-refractivity contribution in [1.29, 1.82) is 0 Å². The van der Waals surface area contributed by atoms with Crippen molar-refractivity contribution >= 4 is 5.91 Å². The number of carbonyl (C=O) groups is 1. The van der Waals surface area contributed by atoms with Crippen molar-refractivity contribution in [2.24, 2.45) is 0 Å². The number of nitrogens with one attached hydrogen (secondary N) is 1. The summed E-state index contributed by atoms with van der Waals surface area (Å²) in [6, 6.07) is 38.2. The topological polar surface area (TPSA) is 29.1 Å². The summed E-state index contributed by atoms with van der Waals surface area (Å²) < 4.78 is 0. The molecule has 0 bridgehead atoms. The first-order valence-corrected chi connectivity index (χ1v) is 10.2. The molecule has 0 fully saturated rings. The summed E-state index contributed by atoms with van der Waals surface area (Å²) in [5, 5.41) is 3.33. The Hall–Kier alpha value is -3.65. The Kier molecular flexibility index (Phi) is 6.05. The van der Waals surface area contributed by atoms with E-state index in [9.17, 15) is 4.79 Å². The highest BCUT2D eigenvalue weighted by Crippen LogP contribution is 2.28. The van der Waals surface area contributed by atoms with Gasteiger partial charge in [0, 0.05) is 0 Å². The number of hydrogen-bond acceptors (Lipinski definition) is 1. The molecule has 4 rings (SSSR count). The molecule has 0 heterocycles. The Balaban J connectivity index is 1.72. The normalized spacial score (nSPS) is 11.8. The molecular weight excluding hydrogens is 366 g/mol. The van der Waals surface area contributed by atoms with Crippen LogP contribution < -0.4 is 5.32 Å². The molecule has 0 aliphatic carbocycles. The Morgan fingerprint density at radius 3 is 1.43 bits per heavy atom. The summed E-state index contributed by atoms with van der Waals surface area (Å²) in [6.07, 6.45) is 0. The third-order valence-electron chi connectivity index (χ3n) is 5.36. The minimum absolute atomic E-state index is 0.0122. The predicted octanol–water partition coefficient (Wildman–Crippen LogP) is 6.03. The van der Waals surface area contributed by atoms with Gasteiger partial charge >= 0.3 is 0 Å². The van der Waals surface area contributed by atoms with Gasteiger partial charge in [-0.2, -0.15) is 0 Å². The van der Waals surface area contributed by atoms with Gasteiger partial charge in [-0.15, -0.1) is 0 Å². The lowest BCUT2D eigenvalue weighted by molar-refractivity contribution is -0.122. The monoisotopic (exact) mass is 391 g/mol. The average molecular weight is 392 g/mol. The molecule has 1 unspecified atom stereocenters. The highest BCUT2D eigenvalue weighted by atomic mass is 16.1. The number of rotatable bonds is 6. The van der Waals surface area contributed by atoms with Crippen molar-refractivity contribution in [3.63, 3.8) is 0 Å². The zero-order valence-corrected chi connectivity index (χ0v) is 17.0. The van der Waals surface area contributed by atoms with Crippen LogP contribution in [0.25, 0.3) is 0 Å². The largest absolute Gasteiger partial charge is 0.344 e. The van der Waals surface area contributed by atoms with Gasteiger partial charge in [0.25, 0.3) is 0 Å². The smallest absolute Gasteiger partial charge is 0.232 e. The maximum absolute atomic E-state index is 13.7. The second-order valence-corrected chi connectivity index (χ2v) is 7.52. The molecule has 30 heavy (non-hydrogen) atoms. The zero-order valence-electron chi connectivity index (χ0n) is 17.0. The number of hydrogen-bond donors (Lipinski definition) is 1. The van der Waals surface area contributed by atoms with E-state index < -0.39 is 0 Å². The molecule has 0 aliphatic rings. The van der Waals surface area contributed by atoms with Crippen LogP contribution in [-0.2, 0) is 4.79 Å². The molecule has 0 aromatic heterocycles. The van der Waals surface area contributed by atoms with Crippen LogP contribution >= 0.6 is 0 Å². The van der Waals surface area contributed by atoms with Crippen LogP contribution in [0.5, 0.6) is 0 Å².